The molecule has 0 aliphatic heterocycles. The number of pyridine rings is 1. The van der Waals surface area contributed by atoms with Gasteiger partial charge in [0.15, 0.2) is 0 Å². The first-order chi connectivity index (χ1) is 11.9. The number of nitrogens with zero attached hydrogens (tertiary/aromatic N) is 3. The minimum atomic E-state index is -0.257. The van der Waals surface area contributed by atoms with Gasteiger partial charge < -0.3 is 5.32 Å². The summed E-state index contributed by atoms with van der Waals surface area (Å²) in [6.45, 7) is 7.81. The van der Waals surface area contributed by atoms with Gasteiger partial charge in [-0.2, -0.15) is 5.10 Å². The van der Waals surface area contributed by atoms with Crippen LogP contribution in [0.1, 0.15) is 23.9 Å². The maximum absolute atomic E-state index is 12.6. The molecule has 3 aromatic rings. The summed E-state index contributed by atoms with van der Waals surface area (Å²) in [7, 11) is 1.87. The van der Waals surface area contributed by atoms with E-state index in [1.807, 2.05) is 52.1 Å². The molecule has 1 atom stereocenters. The van der Waals surface area contributed by atoms with Crippen molar-refractivity contribution >= 4 is 34.3 Å². The number of amides is 1. The molecule has 2 heterocycles. The fourth-order valence-corrected chi connectivity index (χ4v) is 3.72. The Bertz CT molecular complexity index is 948. The summed E-state index contributed by atoms with van der Waals surface area (Å²) in [4.78, 5) is 17.3. The average molecular weight is 354 g/mol. The Kier molecular flexibility index (Phi) is 4.81. The van der Waals surface area contributed by atoms with E-state index in [0.717, 1.165) is 33.0 Å². The Labute approximate surface area is 151 Å². The molecule has 0 saturated carbocycles. The van der Waals surface area contributed by atoms with Crippen LogP contribution in [0.5, 0.6) is 0 Å². The molecule has 1 unspecified atom stereocenters. The van der Waals surface area contributed by atoms with Crippen LogP contribution in [0.25, 0.3) is 10.9 Å². The number of rotatable bonds is 4. The van der Waals surface area contributed by atoms with Crippen molar-refractivity contribution in [3.05, 3.63) is 47.3 Å². The smallest absolute Gasteiger partial charge is 0.237 e. The zero-order valence-electron chi connectivity index (χ0n) is 15.1. The van der Waals surface area contributed by atoms with Crippen molar-refractivity contribution in [2.45, 2.75) is 38.0 Å². The molecule has 1 aromatic carbocycles. The molecule has 130 valence electrons. The van der Waals surface area contributed by atoms with Crippen LogP contribution < -0.4 is 5.32 Å². The van der Waals surface area contributed by atoms with Gasteiger partial charge in [0.2, 0.25) is 5.91 Å². The molecule has 3 rings (SSSR count). The Balaban J connectivity index is 1.77. The third kappa shape index (κ3) is 3.54. The number of aromatic nitrogens is 3. The van der Waals surface area contributed by atoms with E-state index < -0.39 is 0 Å². The topological polar surface area (TPSA) is 59.8 Å². The van der Waals surface area contributed by atoms with Gasteiger partial charge in [0, 0.05) is 12.4 Å². The number of nitrogens with one attached hydrogen (secondary N) is 1. The maximum Gasteiger partial charge on any atom is 0.237 e. The number of hydrogen-bond acceptors (Lipinski definition) is 4. The number of carbonyl (C=O) groups excluding carboxylic acids is 1. The number of benzene rings is 1. The highest BCUT2D eigenvalue weighted by molar-refractivity contribution is 8.00. The summed E-state index contributed by atoms with van der Waals surface area (Å²) in [5.74, 6) is -0.0446. The Hall–Kier alpha value is -2.34. The molecule has 0 saturated heterocycles. The quantitative estimate of drug-likeness (QED) is 0.719. The Morgan fingerprint density at radius 2 is 1.96 bits per heavy atom. The first-order valence-electron chi connectivity index (χ1n) is 8.21. The van der Waals surface area contributed by atoms with Gasteiger partial charge in [-0.05, 0) is 45.4 Å². The van der Waals surface area contributed by atoms with Crippen LogP contribution >= 0.6 is 11.8 Å². The molecule has 0 radical (unpaired) electrons. The predicted molar refractivity (Wildman–Crippen MR) is 103 cm³/mol. The van der Waals surface area contributed by atoms with Crippen molar-refractivity contribution < 1.29 is 4.79 Å². The van der Waals surface area contributed by atoms with E-state index in [1.165, 1.54) is 17.3 Å². The fraction of sp³-hybridized carbons (Fsp3) is 0.316. The lowest BCUT2D eigenvalue weighted by atomic mass is 10.1. The van der Waals surface area contributed by atoms with E-state index in [0.29, 0.717) is 0 Å². The van der Waals surface area contributed by atoms with Crippen LogP contribution in [0, 0.1) is 20.8 Å². The lowest BCUT2D eigenvalue weighted by Crippen LogP contribution is -2.23. The predicted octanol–water partition coefficient (Wildman–Crippen LogP) is 4.01. The molecule has 1 N–H and O–H groups in total. The molecule has 5 nitrogen and oxygen atoms in total. The summed E-state index contributed by atoms with van der Waals surface area (Å²) in [6.07, 6.45) is 0. The lowest BCUT2D eigenvalue weighted by molar-refractivity contribution is -0.115. The summed E-state index contributed by atoms with van der Waals surface area (Å²) in [5.41, 5.74) is 4.69. The van der Waals surface area contributed by atoms with E-state index in [4.69, 9.17) is 0 Å². The molecular weight excluding hydrogens is 332 g/mol. The Morgan fingerprint density at radius 3 is 2.64 bits per heavy atom. The van der Waals surface area contributed by atoms with Crippen LogP contribution in [0.15, 0.2) is 35.4 Å². The number of thioether (sulfide) groups is 1. The van der Waals surface area contributed by atoms with Gasteiger partial charge in [-0.25, -0.2) is 4.98 Å². The SMILES string of the molecule is Cc1nn(C)c(C)c1NC(=O)C(C)Sc1cc(C)c2ccccc2n1. The number of fused-ring (bicyclic) bond motifs is 1. The molecule has 0 aliphatic rings. The van der Waals surface area contributed by atoms with Gasteiger partial charge in [-0.15, -0.1) is 0 Å². The molecule has 0 fully saturated rings. The standard InChI is InChI=1S/C19H22N4OS/c1-11-10-17(20-16-9-7-6-8-15(11)16)25-14(4)19(24)21-18-12(2)22-23(5)13(18)3/h6-10,14H,1-5H3,(H,21,24). The zero-order valence-corrected chi connectivity index (χ0v) is 15.9. The largest absolute Gasteiger partial charge is 0.322 e. The summed E-state index contributed by atoms with van der Waals surface area (Å²) in [5, 5.41) is 9.08. The van der Waals surface area contributed by atoms with Crippen LogP contribution in [0.3, 0.4) is 0 Å². The molecule has 6 heteroatoms. The minimum absolute atomic E-state index is 0.0446. The van der Waals surface area contributed by atoms with Gasteiger partial charge in [-0.1, -0.05) is 30.0 Å². The van der Waals surface area contributed by atoms with Crippen LogP contribution in [0.4, 0.5) is 5.69 Å². The Morgan fingerprint density at radius 1 is 1.24 bits per heavy atom. The van der Waals surface area contributed by atoms with Crippen molar-refractivity contribution in [1.29, 1.82) is 0 Å². The van der Waals surface area contributed by atoms with Crippen molar-refractivity contribution in [2.24, 2.45) is 7.05 Å². The molecule has 0 spiro atoms. The number of anilines is 1. The monoisotopic (exact) mass is 354 g/mol. The second-order valence-electron chi connectivity index (χ2n) is 6.21. The van der Waals surface area contributed by atoms with E-state index in [9.17, 15) is 4.79 Å². The molecule has 0 bridgehead atoms. The second-order valence-corrected chi connectivity index (χ2v) is 7.57. The first kappa shape index (κ1) is 17.5. The molecule has 0 aliphatic carbocycles. The van der Waals surface area contributed by atoms with Crippen molar-refractivity contribution in [2.75, 3.05) is 5.32 Å². The number of aryl methyl sites for hydroxylation is 3. The highest BCUT2D eigenvalue weighted by Crippen LogP contribution is 2.28. The summed E-state index contributed by atoms with van der Waals surface area (Å²) >= 11 is 1.47. The van der Waals surface area contributed by atoms with E-state index in [1.54, 1.807) is 4.68 Å². The summed E-state index contributed by atoms with van der Waals surface area (Å²) in [6, 6.07) is 10.1. The van der Waals surface area contributed by atoms with Gasteiger partial charge >= 0.3 is 0 Å². The van der Waals surface area contributed by atoms with Gasteiger partial charge in [0.25, 0.3) is 0 Å². The van der Waals surface area contributed by atoms with Crippen LogP contribution in [-0.2, 0) is 11.8 Å². The third-order valence-corrected chi connectivity index (χ3v) is 5.34. The highest BCUT2D eigenvalue weighted by Gasteiger charge is 2.19. The van der Waals surface area contributed by atoms with Gasteiger partial charge in [0.05, 0.1) is 32.9 Å². The number of carbonyl (C=O) groups is 1. The normalized spacial score (nSPS) is 12.4. The van der Waals surface area contributed by atoms with Crippen molar-refractivity contribution in [3.8, 4) is 0 Å². The molecule has 25 heavy (non-hydrogen) atoms. The lowest BCUT2D eigenvalue weighted by Gasteiger charge is -2.13. The zero-order chi connectivity index (χ0) is 18.1. The average Bonchev–Trinajstić information content (AvgIpc) is 2.81. The van der Waals surface area contributed by atoms with Crippen LogP contribution in [-0.4, -0.2) is 25.9 Å². The number of hydrogen-bond donors (Lipinski definition) is 1. The highest BCUT2D eigenvalue weighted by atomic mass is 32.2. The van der Waals surface area contributed by atoms with Crippen molar-refractivity contribution in [3.63, 3.8) is 0 Å². The maximum atomic E-state index is 12.6. The first-order valence-corrected chi connectivity index (χ1v) is 9.09. The van der Waals surface area contributed by atoms with E-state index >= 15 is 0 Å². The third-order valence-electron chi connectivity index (χ3n) is 4.32. The van der Waals surface area contributed by atoms with Crippen LogP contribution in [0.2, 0.25) is 0 Å². The van der Waals surface area contributed by atoms with E-state index in [2.05, 4.69) is 28.4 Å². The summed E-state index contributed by atoms with van der Waals surface area (Å²) < 4.78 is 1.77. The van der Waals surface area contributed by atoms with Gasteiger partial charge in [0.1, 0.15) is 0 Å². The second kappa shape index (κ2) is 6.88. The van der Waals surface area contributed by atoms with Gasteiger partial charge in [-0.3, -0.25) is 9.48 Å². The molecule has 1 amide bonds. The fourth-order valence-electron chi connectivity index (χ4n) is 2.79. The molecular formula is C19H22N4OS. The minimum Gasteiger partial charge on any atom is -0.322 e. The molecule has 2 aromatic heterocycles. The number of para-hydroxylation sites is 1. The van der Waals surface area contributed by atoms with Crippen molar-refractivity contribution in [1.82, 2.24) is 14.8 Å². The van der Waals surface area contributed by atoms with E-state index in [-0.39, 0.29) is 11.2 Å².